The van der Waals surface area contributed by atoms with Crippen LogP contribution in [0.25, 0.3) is 0 Å². The number of benzene rings is 1. The van der Waals surface area contributed by atoms with Gasteiger partial charge in [0, 0.05) is 30.9 Å². The van der Waals surface area contributed by atoms with Gasteiger partial charge in [-0.25, -0.2) is 8.42 Å². The van der Waals surface area contributed by atoms with Crippen molar-refractivity contribution in [3.8, 4) is 0 Å². The summed E-state index contributed by atoms with van der Waals surface area (Å²) in [4.78, 5) is 0.491. The first kappa shape index (κ1) is 17.2. The molecule has 1 atom stereocenters. The van der Waals surface area contributed by atoms with E-state index in [1.54, 1.807) is 10.5 Å². The summed E-state index contributed by atoms with van der Waals surface area (Å²) in [5.41, 5.74) is 4.80. The number of rotatable bonds is 3. The first-order chi connectivity index (χ1) is 11.3. The minimum atomic E-state index is -3.49. The molecule has 0 amide bonds. The normalized spacial score (nSPS) is 19.6. The fraction of sp³-hybridized carbons (Fsp3) is 0.500. The Morgan fingerprint density at radius 1 is 1.17 bits per heavy atom. The van der Waals surface area contributed by atoms with Gasteiger partial charge in [0.05, 0.1) is 4.90 Å². The number of hydrogen-bond donors (Lipinski definition) is 1. The number of hydrogen-bond acceptors (Lipinski definition) is 3. The van der Waals surface area contributed by atoms with Crippen molar-refractivity contribution in [3.63, 3.8) is 0 Å². The molecule has 0 bridgehead atoms. The second-order valence-corrected chi connectivity index (χ2v) is 8.68. The third-order valence-electron chi connectivity index (χ3n) is 5.24. The van der Waals surface area contributed by atoms with E-state index in [0.717, 1.165) is 40.8 Å². The van der Waals surface area contributed by atoms with Crippen molar-refractivity contribution in [3.05, 3.63) is 46.3 Å². The highest BCUT2D eigenvalue weighted by Crippen LogP contribution is 2.33. The molecule has 1 N–H and O–H groups in total. The lowest BCUT2D eigenvalue weighted by Crippen LogP contribution is -2.39. The zero-order chi connectivity index (χ0) is 17.5. The number of nitrogens with zero attached hydrogens (tertiary/aromatic N) is 2. The summed E-state index contributed by atoms with van der Waals surface area (Å²) in [5, 5.41) is 6.99. The van der Waals surface area contributed by atoms with Gasteiger partial charge >= 0.3 is 0 Å². The molecule has 24 heavy (non-hydrogen) atoms. The summed E-state index contributed by atoms with van der Waals surface area (Å²) < 4.78 is 28.3. The predicted molar refractivity (Wildman–Crippen MR) is 94.7 cm³/mol. The average molecular weight is 347 g/mol. The Labute approximate surface area is 144 Å². The first-order valence-corrected chi connectivity index (χ1v) is 9.83. The number of piperidine rings is 1. The largest absolute Gasteiger partial charge is 0.282 e. The van der Waals surface area contributed by atoms with Crippen LogP contribution in [0.2, 0.25) is 0 Å². The standard InChI is InChI=1S/C18H25N3O2S/c1-12-10-13(2)15(4)18(14(12)3)24(22,23)21-9-5-6-16(11-21)17-7-8-19-20-17/h7-8,10,16H,5-6,9,11H2,1-4H3,(H,19,20)/t16-/m1/s1. The van der Waals surface area contributed by atoms with Gasteiger partial charge < -0.3 is 0 Å². The van der Waals surface area contributed by atoms with Crippen LogP contribution < -0.4 is 0 Å². The molecule has 1 aliphatic heterocycles. The van der Waals surface area contributed by atoms with Crippen molar-refractivity contribution in [1.82, 2.24) is 14.5 Å². The monoisotopic (exact) mass is 347 g/mol. The molecule has 0 unspecified atom stereocenters. The zero-order valence-corrected chi connectivity index (χ0v) is 15.6. The lowest BCUT2D eigenvalue weighted by atomic mass is 9.96. The summed E-state index contributed by atoms with van der Waals surface area (Å²) in [5.74, 6) is 0.183. The van der Waals surface area contributed by atoms with Crippen LogP contribution in [0.1, 0.15) is 46.7 Å². The van der Waals surface area contributed by atoms with E-state index in [9.17, 15) is 8.42 Å². The van der Waals surface area contributed by atoms with Crippen molar-refractivity contribution in [2.75, 3.05) is 13.1 Å². The molecule has 5 nitrogen and oxygen atoms in total. The van der Waals surface area contributed by atoms with Gasteiger partial charge in [0.2, 0.25) is 10.0 Å². The second-order valence-electron chi connectivity index (χ2n) is 6.80. The molecule has 130 valence electrons. The van der Waals surface area contributed by atoms with E-state index < -0.39 is 10.0 Å². The molecule has 1 aromatic carbocycles. The summed E-state index contributed by atoms with van der Waals surface area (Å²) in [6.45, 7) is 8.86. The Hall–Kier alpha value is -1.66. The lowest BCUT2D eigenvalue weighted by molar-refractivity contribution is 0.312. The van der Waals surface area contributed by atoms with Crippen LogP contribution >= 0.6 is 0 Å². The smallest absolute Gasteiger partial charge is 0.243 e. The highest BCUT2D eigenvalue weighted by atomic mass is 32.2. The van der Waals surface area contributed by atoms with Crippen molar-refractivity contribution < 1.29 is 8.42 Å². The maximum Gasteiger partial charge on any atom is 0.243 e. The molecule has 1 aromatic heterocycles. The molecule has 0 saturated carbocycles. The van der Waals surface area contributed by atoms with Crippen LogP contribution in [-0.4, -0.2) is 36.0 Å². The fourth-order valence-electron chi connectivity index (χ4n) is 3.61. The van der Waals surface area contributed by atoms with E-state index in [2.05, 4.69) is 16.3 Å². The SMILES string of the molecule is Cc1cc(C)c(C)c(S(=O)(=O)N2CCC[C@@H](c3ccn[nH]3)C2)c1C. The Morgan fingerprint density at radius 3 is 2.42 bits per heavy atom. The predicted octanol–water partition coefficient (Wildman–Crippen LogP) is 3.21. The molecular weight excluding hydrogens is 322 g/mol. The maximum absolute atomic E-state index is 13.3. The number of nitrogens with one attached hydrogen (secondary N) is 1. The van der Waals surface area contributed by atoms with Crippen molar-refractivity contribution in [2.24, 2.45) is 0 Å². The zero-order valence-electron chi connectivity index (χ0n) is 14.8. The van der Waals surface area contributed by atoms with Crippen molar-refractivity contribution >= 4 is 10.0 Å². The molecule has 2 aromatic rings. The summed E-state index contributed by atoms with van der Waals surface area (Å²) >= 11 is 0. The molecule has 1 aliphatic rings. The number of H-pyrrole nitrogens is 1. The van der Waals surface area contributed by atoms with Crippen LogP contribution in [0.3, 0.4) is 0 Å². The minimum Gasteiger partial charge on any atom is -0.282 e. The Balaban J connectivity index is 1.99. The van der Waals surface area contributed by atoms with E-state index in [4.69, 9.17) is 0 Å². The Bertz CT molecular complexity index is 815. The molecule has 1 fully saturated rings. The Kier molecular flexibility index (Phi) is 4.53. The van der Waals surface area contributed by atoms with Crippen molar-refractivity contribution in [1.29, 1.82) is 0 Å². The van der Waals surface area contributed by atoms with Crippen LogP contribution in [-0.2, 0) is 10.0 Å². The molecule has 6 heteroatoms. The van der Waals surface area contributed by atoms with Gasteiger partial charge in [0.25, 0.3) is 0 Å². The fourth-order valence-corrected chi connectivity index (χ4v) is 5.70. The highest BCUT2D eigenvalue weighted by Gasteiger charge is 2.33. The van der Waals surface area contributed by atoms with Gasteiger partial charge in [0.1, 0.15) is 0 Å². The van der Waals surface area contributed by atoms with E-state index in [-0.39, 0.29) is 5.92 Å². The van der Waals surface area contributed by atoms with Gasteiger partial charge in [-0.1, -0.05) is 6.07 Å². The molecule has 0 spiro atoms. The topological polar surface area (TPSA) is 66.1 Å². The van der Waals surface area contributed by atoms with Crippen molar-refractivity contribution in [2.45, 2.75) is 51.3 Å². The van der Waals surface area contributed by atoms with Crippen LogP contribution in [0.5, 0.6) is 0 Å². The molecule has 1 saturated heterocycles. The van der Waals surface area contributed by atoms with Gasteiger partial charge in [-0.3, -0.25) is 5.10 Å². The highest BCUT2D eigenvalue weighted by molar-refractivity contribution is 7.89. The summed E-state index contributed by atoms with van der Waals surface area (Å²) in [6, 6.07) is 4.00. The number of aromatic nitrogens is 2. The third kappa shape index (κ3) is 2.89. The second kappa shape index (κ2) is 6.33. The number of aryl methyl sites for hydroxylation is 2. The van der Waals surface area contributed by atoms with E-state index in [0.29, 0.717) is 18.0 Å². The van der Waals surface area contributed by atoms with Gasteiger partial charge in [-0.15, -0.1) is 0 Å². The maximum atomic E-state index is 13.3. The van der Waals surface area contributed by atoms with Crippen LogP contribution in [0, 0.1) is 27.7 Å². The summed E-state index contributed by atoms with van der Waals surface area (Å²) in [7, 11) is -3.49. The molecule has 3 rings (SSSR count). The molecule has 0 aliphatic carbocycles. The van der Waals surface area contributed by atoms with Crippen LogP contribution in [0.15, 0.2) is 23.2 Å². The molecular formula is C18H25N3O2S. The van der Waals surface area contributed by atoms with E-state index in [1.807, 2.05) is 33.8 Å². The lowest BCUT2D eigenvalue weighted by Gasteiger charge is -2.32. The van der Waals surface area contributed by atoms with Gasteiger partial charge in [-0.2, -0.15) is 9.40 Å². The minimum absolute atomic E-state index is 0.183. The first-order valence-electron chi connectivity index (χ1n) is 8.39. The van der Waals surface area contributed by atoms with E-state index in [1.165, 1.54) is 0 Å². The van der Waals surface area contributed by atoms with Gasteiger partial charge in [-0.05, 0) is 68.9 Å². The van der Waals surface area contributed by atoms with E-state index >= 15 is 0 Å². The third-order valence-corrected chi connectivity index (χ3v) is 7.38. The molecule has 2 heterocycles. The number of aromatic amines is 1. The Morgan fingerprint density at radius 2 is 1.83 bits per heavy atom. The van der Waals surface area contributed by atoms with Crippen LogP contribution in [0.4, 0.5) is 0 Å². The van der Waals surface area contributed by atoms with Gasteiger partial charge in [0.15, 0.2) is 0 Å². The summed E-state index contributed by atoms with van der Waals surface area (Å²) in [6.07, 6.45) is 3.58. The quantitative estimate of drug-likeness (QED) is 0.927. The molecule has 0 radical (unpaired) electrons. The average Bonchev–Trinajstić information content (AvgIpc) is 3.08. The number of sulfonamides is 1.